The molecule has 230 valence electrons. The zero-order valence-corrected chi connectivity index (χ0v) is 25.1. The smallest absolute Gasteiger partial charge is 0.409 e. The summed E-state index contributed by atoms with van der Waals surface area (Å²) in [5.41, 5.74) is 1.56. The minimum absolute atomic E-state index is 0.149. The highest BCUT2D eigenvalue weighted by atomic mass is 16.5. The molecule has 1 fully saturated rings. The van der Waals surface area contributed by atoms with Gasteiger partial charge in [-0.25, -0.2) is 14.6 Å². The van der Waals surface area contributed by atoms with Gasteiger partial charge in [-0.1, -0.05) is 45.0 Å². The molecule has 2 heterocycles. The van der Waals surface area contributed by atoms with Gasteiger partial charge in [-0.15, -0.1) is 0 Å². The van der Waals surface area contributed by atoms with Crippen molar-refractivity contribution >= 4 is 45.9 Å². The van der Waals surface area contributed by atoms with E-state index in [1.807, 2.05) is 45.0 Å². The molecule has 3 amide bonds. The zero-order chi connectivity index (χ0) is 31.3. The average molecular weight is 601 g/mol. The topological polar surface area (TPSA) is 156 Å². The largest absolute Gasteiger partial charge is 0.492 e. The van der Waals surface area contributed by atoms with Crippen LogP contribution < -0.4 is 30.7 Å². The quantitative estimate of drug-likeness (QED) is 0.136. The Morgan fingerprint density at radius 2 is 1.73 bits per heavy atom. The molecular weight excluding hydrogens is 564 g/mol. The number of methoxy groups -OCH3 is 1. The number of benzene rings is 3. The summed E-state index contributed by atoms with van der Waals surface area (Å²) in [5.74, 6) is 1.57. The molecule has 5 rings (SSSR count). The average Bonchev–Trinajstić information content (AvgIpc) is 3.51. The van der Waals surface area contributed by atoms with Gasteiger partial charge < -0.3 is 35.3 Å². The van der Waals surface area contributed by atoms with Gasteiger partial charge in [0.25, 0.3) is 0 Å². The van der Waals surface area contributed by atoms with Crippen molar-refractivity contribution < 1.29 is 28.9 Å². The van der Waals surface area contributed by atoms with E-state index in [1.165, 1.54) is 7.11 Å². The van der Waals surface area contributed by atoms with Gasteiger partial charge in [0.05, 0.1) is 30.3 Å². The molecule has 3 aromatic carbocycles. The first-order valence-electron chi connectivity index (χ1n) is 14.3. The first kappa shape index (κ1) is 30.4. The molecule has 12 nitrogen and oxygen atoms in total. The molecule has 1 aliphatic heterocycles. The Morgan fingerprint density at radius 1 is 1.00 bits per heavy atom. The number of ether oxygens (including phenoxy) is 3. The highest BCUT2D eigenvalue weighted by molar-refractivity contribution is 6.08. The highest BCUT2D eigenvalue weighted by Crippen LogP contribution is 2.39. The predicted molar refractivity (Wildman–Crippen MR) is 170 cm³/mol. The normalized spacial score (nSPS) is 14.6. The number of urea groups is 1. The van der Waals surface area contributed by atoms with Crippen LogP contribution in [0.3, 0.4) is 0 Å². The molecule has 1 saturated heterocycles. The summed E-state index contributed by atoms with van der Waals surface area (Å²) in [4.78, 5) is 33.5. The fourth-order valence-electron chi connectivity index (χ4n) is 4.94. The van der Waals surface area contributed by atoms with E-state index in [1.54, 1.807) is 36.5 Å². The first-order chi connectivity index (χ1) is 21.1. The number of carboxylic acid groups (broad SMARTS) is 1. The zero-order valence-electron chi connectivity index (χ0n) is 25.1. The molecule has 1 aromatic heterocycles. The molecule has 0 saturated carbocycles. The van der Waals surface area contributed by atoms with Crippen LogP contribution in [0.4, 0.5) is 32.6 Å². The summed E-state index contributed by atoms with van der Waals surface area (Å²) in [7, 11) is 1.41. The Bertz CT molecular complexity index is 1670. The van der Waals surface area contributed by atoms with E-state index >= 15 is 0 Å². The molecule has 1 aliphatic rings. The van der Waals surface area contributed by atoms with Crippen molar-refractivity contribution in [3.05, 3.63) is 66.4 Å². The third-order valence-electron chi connectivity index (χ3n) is 7.14. The molecule has 0 spiro atoms. The van der Waals surface area contributed by atoms with Gasteiger partial charge in [0, 0.05) is 36.2 Å². The lowest BCUT2D eigenvalue weighted by atomic mass is 9.86. The van der Waals surface area contributed by atoms with Gasteiger partial charge in [0.1, 0.15) is 5.75 Å². The van der Waals surface area contributed by atoms with Crippen LogP contribution >= 0.6 is 0 Å². The third kappa shape index (κ3) is 7.27. The van der Waals surface area contributed by atoms with Crippen LogP contribution in [0.1, 0.15) is 39.2 Å². The van der Waals surface area contributed by atoms with Crippen molar-refractivity contribution in [1.29, 1.82) is 0 Å². The van der Waals surface area contributed by atoms with Crippen LogP contribution in [-0.4, -0.2) is 53.6 Å². The van der Waals surface area contributed by atoms with Crippen LogP contribution in [0.5, 0.6) is 17.4 Å². The van der Waals surface area contributed by atoms with Crippen LogP contribution in [0, 0.1) is 0 Å². The fraction of sp³-hybridized carbons (Fsp3) is 0.312. The number of amides is 3. The van der Waals surface area contributed by atoms with Crippen molar-refractivity contribution in [3.8, 4) is 17.4 Å². The third-order valence-corrected chi connectivity index (χ3v) is 7.14. The number of anilines is 4. The second kappa shape index (κ2) is 13.0. The number of nitrogens with zero attached hydrogens (tertiary/aromatic N) is 2. The Balaban J connectivity index is 1.36. The number of carbonyl (C=O) groups is 2. The number of aromatic nitrogens is 2. The van der Waals surface area contributed by atoms with E-state index in [-0.39, 0.29) is 23.0 Å². The van der Waals surface area contributed by atoms with Crippen molar-refractivity contribution in [2.24, 2.45) is 0 Å². The molecule has 0 aliphatic carbocycles. The number of hydrogen-bond acceptors (Lipinski definition) is 8. The molecule has 0 bridgehead atoms. The van der Waals surface area contributed by atoms with Gasteiger partial charge >= 0.3 is 12.1 Å². The van der Waals surface area contributed by atoms with Gasteiger partial charge in [-0.2, -0.15) is 4.98 Å². The monoisotopic (exact) mass is 600 g/mol. The minimum Gasteiger partial charge on any atom is -0.492 e. The lowest BCUT2D eigenvalue weighted by molar-refractivity contribution is 0.120. The molecule has 0 radical (unpaired) electrons. The minimum atomic E-state index is -1.24. The molecular formula is C32H36N6O6. The lowest BCUT2D eigenvalue weighted by Gasteiger charge is -2.23. The Hall–Kier alpha value is -5.10. The standard InChI is InChI=1S/C32H36N6O6/c1-32(2,3)19-16-24(28(42-4)25(17-19)37-31(40)41)36-30(39)35-23-11-12-26(22-10-6-5-9-21(22)23)44-27-13-14-33-29(38-27)34-18-20-8-7-15-43-20/h5-6,9-14,16-17,20,37H,7-8,15,18H2,1-4H3,(H,40,41)(H,33,34,38)(H2,35,36,39). The molecule has 12 heteroatoms. The summed E-state index contributed by atoms with van der Waals surface area (Å²) in [6, 6.07) is 15.6. The van der Waals surface area contributed by atoms with Crippen molar-refractivity contribution in [3.63, 3.8) is 0 Å². The maximum atomic E-state index is 13.3. The van der Waals surface area contributed by atoms with E-state index in [4.69, 9.17) is 14.2 Å². The van der Waals surface area contributed by atoms with Crippen LogP contribution in [0.2, 0.25) is 0 Å². The SMILES string of the molecule is COc1c(NC(=O)O)cc(C(C)(C)C)cc1NC(=O)Nc1ccc(Oc2ccnc(NCC3CCCO3)n2)c2ccccc12. The van der Waals surface area contributed by atoms with Crippen molar-refractivity contribution in [2.45, 2.75) is 45.1 Å². The Morgan fingerprint density at radius 3 is 2.41 bits per heavy atom. The summed E-state index contributed by atoms with van der Waals surface area (Å²) < 4.78 is 17.3. The summed E-state index contributed by atoms with van der Waals surface area (Å²) in [6.45, 7) is 7.37. The Labute approximate surface area is 255 Å². The summed E-state index contributed by atoms with van der Waals surface area (Å²) in [6.07, 6.45) is 2.60. The molecule has 5 N–H and O–H groups in total. The maximum absolute atomic E-state index is 13.3. The lowest BCUT2D eigenvalue weighted by Crippen LogP contribution is -2.22. The molecule has 4 aromatic rings. The number of hydrogen-bond donors (Lipinski definition) is 5. The van der Waals surface area contributed by atoms with E-state index in [0.29, 0.717) is 35.5 Å². The van der Waals surface area contributed by atoms with E-state index in [2.05, 4.69) is 31.2 Å². The van der Waals surface area contributed by atoms with Gasteiger partial charge in [-0.3, -0.25) is 5.32 Å². The van der Waals surface area contributed by atoms with E-state index in [9.17, 15) is 14.7 Å². The predicted octanol–water partition coefficient (Wildman–Crippen LogP) is 7.05. The van der Waals surface area contributed by atoms with Gasteiger partial charge in [-0.05, 0) is 48.1 Å². The van der Waals surface area contributed by atoms with Crippen molar-refractivity contribution in [1.82, 2.24) is 9.97 Å². The maximum Gasteiger partial charge on any atom is 0.409 e. The second-order valence-corrected chi connectivity index (χ2v) is 11.4. The molecule has 44 heavy (non-hydrogen) atoms. The van der Waals surface area contributed by atoms with Crippen LogP contribution in [0.15, 0.2) is 60.8 Å². The Kier molecular flexibility index (Phi) is 9.00. The van der Waals surface area contributed by atoms with Crippen molar-refractivity contribution in [2.75, 3.05) is 41.5 Å². The number of rotatable bonds is 9. The van der Waals surface area contributed by atoms with Crippen LogP contribution in [0.25, 0.3) is 10.8 Å². The number of fused-ring (bicyclic) bond motifs is 1. The highest BCUT2D eigenvalue weighted by Gasteiger charge is 2.22. The number of carbonyl (C=O) groups excluding carboxylic acids is 1. The fourth-order valence-corrected chi connectivity index (χ4v) is 4.94. The number of nitrogens with one attached hydrogen (secondary N) is 4. The molecule has 1 atom stereocenters. The van der Waals surface area contributed by atoms with Gasteiger partial charge in [0.15, 0.2) is 5.75 Å². The molecule has 1 unspecified atom stereocenters. The van der Waals surface area contributed by atoms with Gasteiger partial charge in [0.2, 0.25) is 11.8 Å². The summed E-state index contributed by atoms with van der Waals surface area (Å²) in [5, 5.41) is 22.2. The first-order valence-corrected chi connectivity index (χ1v) is 14.3. The second-order valence-electron chi connectivity index (χ2n) is 11.4. The van der Waals surface area contributed by atoms with E-state index in [0.717, 1.165) is 35.8 Å². The van der Waals surface area contributed by atoms with E-state index < -0.39 is 12.1 Å². The summed E-state index contributed by atoms with van der Waals surface area (Å²) >= 11 is 0. The van der Waals surface area contributed by atoms with Crippen LogP contribution in [-0.2, 0) is 10.2 Å².